The number of ether oxygens (including phenoxy) is 2. The maximum atomic E-state index is 5.78. The van der Waals surface area contributed by atoms with Gasteiger partial charge in [0.2, 0.25) is 0 Å². The van der Waals surface area contributed by atoms with Crippen LogP contribution in [0.3, 0.4) is 0 Å². The average Bonchev–Trinajstić information content (AvgIpc) is 2.52. The lowest BCUT2D eigenvalue weighted by molar-refractivity contribution is 0.115. The molecule has 1 N–H and O–H groups in total. The first-order chi connectivity index (χ1) is 10.2. The number of unbranched alkanes of at least 4 members (excludes halogenated alkanes) is 2. The van der Waals surface area contributed by atoms with E-state index in [0.29, 0.717) is 12.6 Å². The van der Waals surface area contributed by atoms with Crippen LogP contribution in [0, 0.1) is 0 Å². The van der Waals surface area contributed by atoms with Crippen molar-refractivity contribution in [3.63, 3.8) is 0 Å². The van der Waals surface area contributed by atoms with Gasteiger partial charge >= 0.3 is 0 Å². The Labute approximate surface area is 130 Å². The Morgan fingerprint density at radius 2 is 1.95 bits per heavy atom. The van der Waals surface area contributed by atoms with E-state index in [9.17, 15) is 0 Å². The SMILES string of the molecule is CCCCCOCc1cc(C(C)NCCC)ccc1OC. The number of methoxy groups -OCH3 is 1. The van der Waals surface area contributed by atoms with Crippen LogP contribution in [0.5, 0.6) is 5.75 Å². The second-order valence-electron chi connectivity index (χ2n) is 5.51. The van der Waals surface area contributed by atoms with Crippen molar-refractivity contribution in [3.8, 4) is 5.75 Å². The molecule has 0 aliphatic heterocycles. The Morgan fingerprint density at radius 1 is 1.14 bits per heavy atom. The average molecular weight is 293 g/mol. The van der Waals surface area contributed by atoms with E-state index in [-0.39, 0.29) is 0 Å². The van der Waals surface area contributed by atoms with Gasteiger partial charge in [-0.3, -0.25) is 0 Å². The van der Waals surface area contributed by atoms with Gasteiger partial charge in [-0.2, -0.15) is 0 Å². The number of rotatable bonds is 11. The molecule has 0 bridgehead atoms. The minimum absolute atomic E-state index is 0.356. The molecular formula is C18H31NO2. The molecule has 3 heteroatoms. The molecule has 21 heavy (non-hydrogen) atoms. The lowest BCUT2D eigenvalue weighted by Gasteiger charge is -2.17. The molecule has 0 aliphatic rings. The van der Waals surface area contributed by atoms with E-state index in [2.05, 4.69) is 38.2 Å². The van der Waals surface area contributed by atoms with E-state index in [0.717, 1.165) is 37.3 Å². The molecule has 0 saturated carbocycles. The number of hydrogen-bond donors (Lipinski definition) is 1. The zero-order valence-corrected chi connectivity index (χ0v) is 14.1. The highest BCUT2D eigenvalue weighted by Crippen LogP contribution is 2.24. The fourth-order valence-corrected chi connectivity index (χ4v) is 2.30. The van der Waals surface area contributed by atoms with Gasteiger partial charge in [-0.05, 0) is 44.0 Å². The highest BCUT2D eigenvalue weighted by Gasteiger charge is 2.09. The Bertz CT molecular complexity index is 393. The fraction of sp³-hybridized carbons (Fsp3) is 0.667. The fourth-order valence-electron chi connectivity index (χ4n) is 2.30. The largest absolute Gasteiger partial charge is 0.496 e. The smallest absolute Gasteiger partial charge is 0.124 e. The molecule has 0 heterocycles. The van der Waals surface area contributed by atoms with Crippen molar-refractivity contribution in [1.29, 1.82) is 0 Å². The van der Waals surface area contributed by atoms with Crippen LogP contribution in [-0.4, -0.2) is 20.3 Å². The van der Waals surface area contributed by atoms with Crippen LogP contribution in [0.15, 0.2) is 18.2 Å². The van der Waals surface area contributed by atoms with Crippen LogP contribution in [-0.2, 0) is 11.3 Å². The van der Waals surface area contributed by atoms with Gasteiger partial charge in [0.15, 0.2) is 0 Å². The minimum Gasteiger partial charge on any atom is -0.496 e. The third-order valence-corrected chi connectivity index (χ3v) is 3.65. The summed E-state index contributed by atoms with van der Waals surface area (Å²) in [5.41, 5.74) is 2.42. The summed E-state index contributed by atoms with van der Waals surface area (Å²) < 4.78 is 11.2. The van der Waals surface area contributed by atoms with E-state index >= 15 is 0 Å². The third kappa shape index (κ3) is 6.49. The van der Waals surface area contributed by atoms with Crippen molar-refractivity contribution in [2.24, 2.45) is 0 Å². The number of benzene rings is 1. The Morgan fingerprint density at radius 3 is 2.62 bits per heavy atom. The molecule has 1 unspecified atom stereocenters. The van der Waals surface area contributed by atoms with Crippen LogP contribution in [0.2, 0.25) is 0 Å². The lowest BCUT2D eigenvalue weighted by Crippen LogP contribution is -2.19. The van der Waals surface area contributed by atoms with Crippen LogP contribution in [0.4, 0.5) is 0 Å². The summed E-state index contributed by atoms with van der Waals surface area (Å²) in [7, 11) is 1.72. The summed E-state index contributed by atoms with van der Waals surface area (Å²) in [6, 6.07) is 6.73. The molecular weight excluding hydrogens is 262 g/mol. The molecule has 0 fully saturated rings. The highest BCUT2D eigenvalue weighted by atomic mass is 16.5. The zero-order valence-electron chi connectivity index (χ0n) is 14.1. The summed E-state index contributed by atoms with van der Waals surface area (Å²) in [6.07, 6.45) is 4.73. The van der Waals surface area contributed by atoms with Gasteiger partial charge < -0.3 is 14.8 Å². The lowest BCUT2D eigenvalue weighted by atomic mass is 10.0. The third-order valence-electron chi connectivity index (χ3n) is 3.65. The molecule has 0 saturated heterocycles. The number of hydrogen-bond acceptors (Lipinski definition) is 3. The maximum Gasteiger partial charge on any atom is 0.124 e. The van der Waals surface area contributed by atoms with Gasteiger partial charge in [0.1, 0.15) is 5.75 Å². The molecule has 1 atom stereocenters. The monoisotopic (exact) mass is 293 g/mol. The van der Waals surface area contributed by atoms with Crippen molar-refractivity contribution in [2.45, 2.75) is 59.1 Å². The van der Waals surface area contributed by atoms with Crippen molar-refractivity contribution in [3.05, 3.63) is 29.3 Å². The summed E-state index contributed by atoms with van der Waals surface area (Å²) in [6.45, 7) is 9.08. The second-order valence-corrected chi connectivity index (χ2v) is 5.51. The number of nitrogens with one attached hydrogen (secondary N) is 1. The Hall–Kier alpha value is -1.06. The molecule has 120 valence electrons. The normalized spacial score (nSPS) is 12.4. The first-order valence-corrected chi connectivity index (χ1v) is 8.20. The standard InChI is InChI=1S/C18H31NO2/c1-5-7-8-12-21-14-17-13-16(9-10-18(17)20-4)15(3)19-11-6-2/h9-10,13,15,19H,5-8,11-12,14H2,1-4H3. The summed E-state index contributed by atoms with van der Waals surface area (Å²) in [5, 5.41) is 3.52. The van der Waals surface area contributed by atoms with E-state index in [1.807, 2.05) is 6.07 Å². The minimum atomic E-state index is 0.356. The molecule has 0 spiro atoms. The van der Waals surface area contributed by atoms with E-state index in [4.69, 9.17) is 9.47 Å². The molecule has 3 nitrogen and oxygen atoms in total. The van der Waals surface area contributed by atoms with Crippen molar-refractivity contribution >= 4 is 0 Å². The first kappa shape index (κ1) is 18.0. The van der Waals surface area contributed by atoms with Gasteiger partial charge in [0.05, 0.1) is 13.7 Å². The maximum absolute atomic E-state index is 5.78. The molecule has 1 rings (SSSR count). The van der Waals surface area contributed by atoms with Gasteiger partial charge in [-0.15, -0.1) is 0 Å². The van der Waals surface area contributed by atoms with E-state index in [1.54, 1.807) is 7.11 Å². The molecule has 0 amide bonds. The second kappa shape index (κ2) is 10.6. The summed E-state index contributed by atoms with van der Waals surface area (Å²) in [5.74, 6) is 0.914. The summed E-state index contributed by atoms with van der Waals surface area (Å²) >= 11 is 0. The molecule has 0 aliphatic carbocycles. The van der Waals surface area contributed by atoms with E-state index < -0.39 is 0 Å². The Balaban J connectivity index is 2.62. The highest BCUT2D eigenvalue weighted by molar-refractivity contribution is 5.38. The summed E-state index contributed by atoms with van der Waals surface area (Å²) in [4.78, 5) is 0. The molecule has 0 radical (unpaired) electrons. The van der Waals surface area contributed by atoms with Crippen LogP contribution in [0.25, 0.3) is 0 Å². The van der Waals surface area contributed by atoms with Crippen molar-refractivity contribution < 1.29 is 9.47 Å². The van der Waals surface area contributed by atoms with Crippen molar-refractivity contribution in [1.82, 2.24) is 5.32 Å². The first-order valence-electron chi connectivity index (χ1n) is 8.20. The molecule has 1 aromatic rings. The van der Waals surface area contributed by atoms with E-state index in [1.165, 1.54) is 18.4 Å². The van der Waals surface area contributed by atoms with Crippen LogP contribution in [0.1, 0.15) is 63.6 Å². The van der Waals surface area contributed by atoms with Gasteiger partial charge in [-0.1, -0.05) is 32.8 Å². The quantitative estimate of drug-likeness (QED) is 0.611. The van der Waals surface area contributed by atoms with Gasteiger partial charge in [0, 0.05) is 18.2 Å². The van der Waals surface area contributed by atoms with Crippen molar-refractivity contribution in [2.75, 3.05) is 20.3 Å². The predicted molar refractivity (Wildman–Crippen MR) is 88.9 cm³/mol. The zero-order chi connectivity index (χ0) is 15.5. The predicted octanol–water partition coefficient (Wildman–Crippen LogP) is 4.46. The Kier molecular flexibility index (Phi) is 9.11. The molecule has 1 aromatic carbocycles. The topological polar surface area (TPSA) is 30.5 Å². The van der Waals surface area contributed by atoms with Gasteiger partial charge in [0.25, 0.3) is 0 Å². The van der Waals surface area contributed by atoms with Gasteiger partial charge in [-0.25, -0.2) is 0 Å². The van der Waals surface area contributed by atoms with Crippen LogP contribution < -0.4 is 10.1 Å². The molecule has 0 aromatic heterocycles. The van der Waals surface area contributed by atoms with Crippen LogP contribution >= 0.6 is 0 Å².